The topological polar surface area (TPSA) is 86.6 Å². The molecule has 2 aromatic carbocycles. The molecule has 22 heavy (non-hydrogen) atoms. The van der Waals surface area contributed by atoms with Crippen LogP contribution >= 0.6 is 0 Å². The SMILES string of the molecule is Cc1cc(NC(=O)/C=C/c2ccccc2)cc(C(=O)O)c1O. The Bertz CT molecular complexity index is 736. The van der Waals surface area contributed by atoms with E-state index in [1.54, 1.807) is 13.0 Å². The zero-order chi connectivity index (χ0) is 16.1. The molecule has 2 rings (SSSR count). The van der Waals surface area contributed by atoms with Gasteiger partial charge < -0.3 is 15.5 Å². The molecule has 0 unspecified atom stereocenters. The molecule has 0 aliphatic rings. The van der Waals surface area contributed by atoms with Gasteiger partial charge in [-0.05, 0) is 36.3 Å². The zero-order valence-electron chi connectivity index (χ0n) is 11.9. The fourth-order valence-corrected chi connectivity index (χ4v) is 1.93. The number of amides is 1. The average molecular weight is 297 g/mol. The second-order valence-electron chi connectivity index (χ2n) is 4.73. The number of hydrogen-bond acceptors (Lipinski definition) is 3. The number of carboxylic acids is 1. The first-order valence-corrected chi connectivity index (χ1v) is 6.58. The Balaban J connectivity index is 2.15. The van der Waals surface area contributed by atoms with Gasteiger partial charge in [0.05, 0.1) is 0 Å². The summed E-state index contributed by atoms with van der Waals surface area (Å²) >= 11 is 0. The van der Waals surface area contributed by atoms with E-state index in [0.29, 0.717) is 11.3 Å². The van der Waals surface area contributed by atoms with Crippen molar-refractivity contribution in [3.8, 4) is 5.75 Å². The Hall–Kier alpha value is -3.08. The van der Waals surface area contributed by atoms with Crippen LogP contribution in [0.5, 0.6) is 5.75 Å². The van der Waals surface area contributed by atoms with E-state index in [9.17, 15) is 14.7 Å². The van der Waals surface area contributed by atoms with Gasteiger partial charge in [-0.1, -0.05) is 30.3 Å². The van der Waals surface area contributed by atoms with Crippen molar-refractivity contribution in [3.63, 3.8) is 0 Å². The number of rotatable bonds is 4. The molecule has 0 bridgehead atoms. The number of aryl methyl sites for hydroxylation is 1. The van der Waals surface area contributed by atoms with Crippen molar-refractivity contribution in [2.24, 2.45) is 0 Å². The van der Waals surface area contributed by atoms with Crippen LogP contribution in [-0.2, 0) is 4.79 Å². The van der Waals surface area contributed by atoms with Crippen molar-refractivity contribution >= 4 is 23.6 Å². The molecule has 0 aliphatic heterocycles. The molecular formula is C17H15NO4. The number of benzene rings is 2. The van der Waals surface area contributed by atoms with Crippen molar-refractivity contribution < 1.29 is 19.8 Å². The maximum Gasteiger partial charge on any atom is 0.339 e. The minimum absolute atomic E-state index is 0.248. The quantitative estimate of drug-likeness (QED) is 0.598. The lowest BCUT2D eigenvalue weighted by Gasteiger charge is -2.08. The second-order valence-corrected chi connectivity index (χ2v) is 4.73. The standard InChI is InChI=1S/C17H15NO4/c1-11-9-13(10-14(16(11)20)17(21)22)18-15(19)8-7-12-5-3-2-4-6-12/h2-10,20H,1H3,(H,18,19)(H,21,22)/b8-7+. The lowest BCUT2D eigenvalue weighted by Crippen LogP contribution is -2.09. The third-order valence-electron chi connectivity index (χ3n) is 3.03. The molecule has 0 aromatic heterocycles. The highest BCUT2D eigenvalue weighted by Crippen LogP contribution is 2.26. The maximum atomic E-state index is 11.9. The van der Waals surface area contributed by atoms with Gasteiger partial charge in [0.25, 0.3) is 0 Å². The highest BCUT2D eigenvalue weighted by atomic mass is 16.4. The molecule has 0 atom stereocenters. The van der Waals surface area contributed by atoms with E-state index >= 15 is 0 Å². The van der Waals surface area contributed by atoms with Crippen LogP contribution in [0.15, 0.2) is 48.5 Å². The normalized spacial score (nSPS) is 10.6. The fourth-order valence-electron chi connectivity index (χ4n) is 1.93. The molecule has 5 nitrogen and oxygen atoms in total. The van der Waals surface area contributed by atoms with Crippen LogP contribution in [0, 0.1) is 6.92 Å². The summed E-state index contributed by atoms with van der Waals surface area (Å²) in [6.45, 7) is 1.57. The Labute approximate surface area is 127 Å². The molecule has 0 saturated carbocycles. The van der Waals surface area contributed by atoms with Crippen LogP contribution < -0.4 is 5.32 Å². The Morgan fingerprint density at radius 2 is 1.82 bits per heavy atom. The van der Waals surface area contributed by atoms with E-state index < -0.39 is 5.97 Å². The molecule has 0 radical (unpaired) electrons. The van der Waals surface area contributed by atoms with Crippen molar-refractivity contribution in [3.05, 3.63) is 65.2 Å². The minimum Gasteiger partial charge on any atom is -0.507 e. The van der Waals surface area contributed by atoms with Crippen molar-refractivity contribution in [1.82, 2.24) is 0 Å². The predicted molar refractivity (Wildman–Crippen MR) is 83.9 cm³/mol. The highest BCUT2D eigenvalue weighted by molar-refractivity contribution is 6.03. The van der Waals surface area contributed by atoms with Crippen molar-refractivity contribution in [2.75, 3.05) is 5.32 Å². The van der Waals surface area contributed by atoms with E-state index in [2.05, 4.69) is 5.32 Å². The summed E-state index contributed by atoms with van der Waals surface area (Å²) in [6, 6.07) is 12.0. The van der Waals surface area contributed by atoms with Gasteiger partial charge in [-0.25, -0.2) is 4.79 Å². The lowest BCUT2D eigenvalue weighted by molar-refractivity contribution is -0.111. The fraction of sp³-hybridized carbons (Fsp3) is 0.0588. The Morgan fingerprint density at radius 1 is 1.14 bits per heavy atom. The van der Waals surface area contributed by atoms with Crippen molar-refractivity contribution in [2.45, 2.75) is 6.92 Å². The summed E-state index contributed by atoms with van der Waals surface area (Å²) in [7, 11) is 0. The first-order chi connectivity index (χ1) is 10.5. The number of carbonyl (C=O) groups excluding carboxylic acids is 1. The number of hydrogen-bond donors (Lipinski definition) is 3. The van der Waals surface area contributed by atoms with E-state index in [-0.39, 0.29) is 17.2 Å². The molecular weight excluding hydrogens is 282 g/mol. The second kappa shape index (κ2) is 6.58. The smallest absolute Gasteiger partial charge is 0.339 e. The van der Waals surface area contributed by atoms with E-state index in [0.717, 1.165) is 5.56 Å². The molecule has 0 saturated heterocycles. The molecule has 0 spiro atoms. The minimum atomic E-state index is -1.25. The third kappa shape index (κ3) is 3.73. The van der Waals surface area contributed by atoms with E-state index in [1.165, 1.54) is 18.2 Å². The van der Waals surface area contributed by atoms with Crippen LogP contribution in [0.25, 0.3) is 6.08 Å². The van der Waals surface area contributed by atoms with Gasteiger partial charge in [0.1, 0.15) is 11.3 Å². The number of carboxylic acid groups (broad SMARTS) is 1. The molecule has 5 heteroatoms. The van der Waals surface area contributed by atoms with Crippen LogP contribution in [0.1, 0.15) is 21.5 Å². The number of nitrogens with one attached hydrogen (secondary N) is 1. The molecule has 1 amide bonds. The summed E-state index contributed by atoms with van der Waals surface area (Å²) < 4.78 is 0. The predicted octanol–water partition coefficient (Wildman–Crippen LogP) is 3.05. The molecule has 112 valence electrons. The molecule has 0 heterocycles. The molecule has 0 fully saturated rings. The summed E-state index contributed by atoms with van der Waals surface area (Å²) in [5, 5.41) is 21.3. The number of phenols is 1. The van der Waals surface area contributed by atoms with Gasteiger partial charge in [-0.15, -0.1) is 0 Å². The van der Waals surface area contributed by atoms with E-state index in [4.69, 9.17) is 5.11 Å². The number of carbonyl (C=O) groups is 2. The van der Waals surface area contributed by atoms with Crippen molar-refractivity contribution in [1.29, 1.82) is 0 Å². The van der Waals surface area contributed by atoms with Crippen LogP contribution in [-0.4, -0.2) is 22.1 Å². The number of aromatic carboxylic acids is 1. The van der Waals surface area contributed by atoms with Gasteiger partial charge in [-0.2, -0.15) is 0 Å². The van der Waals surface area contributed by atoms with Gasteiger partial charge in [0.15, 0.2) is 0 Å². The lowest BCUT2D eigenvalue weighted by atomic mass is 10.1. The molecule has 3 N–H and O–H groups in total. The van der Waals surface area contributed by atoms with Crippen LogP contribution in [0.3, 0.4) is 0 Å². The highest BCUT2D eigenvalue weighted by Gasteiger charge is 2.14. The number of anilines is 1. The first kappa shape index (κ1) is 15.3. The Kier molecular flexibility index (Phi) is 4.58. The van der Waals surface area contributed by atoms with Gasteiger partial charge in [0, 0.05) is 11.8 Å². The maximum absolute atomic E-state index is 11.9. The summed E-state index contributed by atoms with van der Waals surface area (Å²) in [4.78, 5) is 22.9. The van der Waals surface area contributed by atoms with Gasteiger partial charge >= 0.3 is 5.97 Å². The van der Waals surface area contributed by atoms with Crippen LogP contribution in [0.2, 0.25) is 0 Å². The summed E-state index contributed by atoms with van der Waals surface area (Å²) in [5.41, 5.74) is 1.32. The third-order valence-corrected chi connectivity index (χ3v) is 3.03. The number of aromatic hydroxyl groups is 1. The summed E-state index contributed by atoms with van der Waals surface area (Å²) in [5.74, 6) is -1.94. The van der Waals surface area contributed by atoms with Gasteiger partial charge in [0.2, 0.25) is 5.91 Å². The molecule has 0 aliphatic carbocycles. The van der Waals surface area contributed by atoms with E-state index in [1.807, 2.05) is 30.3 Å². The largest absolute Gasteiger partial charge is 0.507 e. The monoisotopic (exact) mass is 297 g/mol. The zero-order valence-corrected chi connectivity index (χ0v) is 11.9. The average Bonchev–Trinajstić information content (AvgIpc) is 2.49. The van der Waals surface area contributed by atoms with Crippen LogP contribution in [0.4, 0.5) is 5.69 Å². The molecule has 2 aromatic rings. The Morgan fingerprint density at radius 3 is 2.45 bits per heavy atom. The van der Waals surface area contributed by atoms with Gasteiger partial charge in [-0.3, -0.25) is 4.79 Å². The summed E-state index contributed by atoms with van der Waals surface area (Å²) in [6.07, 6.45) is 3.01. The first-order valence-electron chi connectivity index (χ1n) is 6.58.